The van der Waals surface area contributed by atoms with Crippen LogP contribution >= 0.6 is 0 Å². The summed E-state index contributed by atoms with van der Waals surface area (Å²) in [4.78, 5) is 26.7. The lowest BCUT2D eigenvalue weighted by molar-refractivity contribution is -0.138. The maximum Gasteiger partial charge on any atom is 0.227 e. The van der Waals surface area contributed by atoms with Gasteiger partial charge in [-0.25, -0.2) is 0 Å². The predicted octanol–water partition coefficient (Wildman–Crippen LogP) is 3.17. The lowest BCUT2D eigenvalue weighted by atomic mass is 9.93. The maximum atomic E-state index is 12.4. The van der Waals surface area contributed by atoms with Gasteiger partial charge >= 0.3 is 0 Å². The zero-order valence-corrected chi connectivity index (χ0v) is 14.4. The molecule has 1 N–H and O–H groups in total. The van der Waals surface area contributed by atoms with Crippen LogP contribution in [-0.2, 0) is 9.59 Å². The fourth-order valence-corrected chi connectivity index (χ4v) is 3.13. The van der Waals surface area contributed by atoms with E-state index in [1.165, 1.54) is 0 Å². The van der Waals surface area contributed by atoms with Crippen LogP contribution in [-0.4, -0.2) is 29.8 Å². The van der Waals surface area contributed by atoms with E-state index >= 15 is 0 Å². The molecule has 0 aliphatic carbocycles. The second kappa shape index (κ2) is 8.49. The van der Waals surface area contributed by atoms with Gasteiger partial charge < -0.3 is 10.2 Å². The van der Waals surface area contributed by atoms with E-state index < -0.39 is 0 Å². The lowest BCUT2D eigenvalue weighted by Crippen LogP contribution is -2.43. The van der Waals surface area contributed by atoms with Gasteiger partial charge in [0.1, 0.15) is 0 Å². The Labute approximate surface area is 143 Å². The molecule has 128 valence electrons. The van der Waals surface area contributed by atoms with Crippen molar-refractivity contribution < 1.29 is 9.59 Å². The third-order valence-corrected chi connectivity index (χ3v) is 4.79. The molecule has 1 fully saturated rings. The Morgan fingerprint density at radius 3 is 2.29 bits per heavy atom. The Morgan fingerprint density at radius 2 is 1.79 bits per heavy atom. The van der Waals surface area contributed by atoms with Crippen LogP contribution in [0.2, 0.25) is 0 Å². The van der Waals surface area contributed by atoms with Crippen molar-refractivity contribution in [2.45, 2.75) is 39.5 Å². The van der Waals surface area contributed by atoms with E-state index in [1.807, 2.05) is 18.7 Å². The average Bonchev–Trinajstić information content (AvgIpc) is 2.63. The molecule has 2 amide bonds. The number of carbonyl (C=O) groups excluding carboxylic acids is 2. The number of nitrogens with zero attached hydrogens (tertiary/aromatic N) is 2. The summed E-state index contributed by atoms with van der Waals surface area (Å²) >= 11 is 0. The zero-order valence-electron chi connectivity index (χ0n) is 14.4. The van der Waals surface area contributed by atoms with Gasteiger partial charge in [0, 0.05) is 30.6 Å². The molecule has 1 aliphatic rings. The van der Waals surface area contributed by atoms with Crippen LogP contribution in [0, 0.1) is 23.2 Å². The van der Waals surface area contributed by atoms with Crippen molar-refractivity contribution in [2.24, 2.45) is 11.8 Å². The van der Waals surface area contributed by atoms with Crippen LogP contribution < -0.4 is 5.32 Å². The van der Waals surface area contributed by atoms with Crippen molar-refractivity contribution in [1.82, 2.24) is 4.90 Å². The highest BCUT2D eigenvalue weighted by molar-refractivity contribution is 5.92. The van der Waals surface area contributed by atoms with Gasteiger partial charge in [0.05, 0.1) is 11.6 Å². The fourth-order valence-electron chi connectivity index (χ4n) is 3.13. The topological polar surface area (TPSA) is 73.2 Å². The zero-order chi connectivity index (χ0) is 17.5. The Kier molecular flexibility index (Phi) is 6.36. The molecule has 1 saturated heterocycles. The number of carbonyl (C=O) groups is 2. The lowest BCUT2D eigenvalue weighted by Gasteiger charge is -2.33. The van der Waals surface area contributed by atoms with Gasteiger partial charge in [0.2, 0.25) is 11.8 Å². The molecule has 0 bridgehead atoms. The molecule has 0 unspecified atom stereocenters. The number of anilines is 1. The SMILES string of the molecule is CCC(CC)C(=O)N1CCC(C(=O)Nc2ccc(C#N)cc2)CC1. The van der Waals surface area contributed by atoms with Gasteiger partial charge in [-0.15, -0.1) is 0 Å². The third-order valence-electron chi connectivity index (χ3n) is 4.79. The van der Waals surface area contributed by atoms with E-state index in [0.29, 0.717) is 37.2 Å². The summed E-state index contributed by atoms with van der Waals surface area (Å²) in [5, 5.41) is 11.7. The quantitative estimate of drug-likeness (QED) is 0.902. The highest BCUT2D eigenvalue weighted by atomic mass is 16.2. The molecule has 0 spiro atoms. The first-order valence-corrected chi connectivity index (χ1v) is 8.68. The smallest absolute Gasteiger partial charge is 0.227 e. The number of likely N-dealkylation sites (tertiary alicyclic amines) is 1. The first-order valence-electron chi connectivity index (χ1n) is 8.68. The molecule has 1 aliphatic heterocycles. The van der Waals surface area contributed by atoms with Crippen molar-refractivity contribution in [1.29, 1.82) is 5.26 Å². The molecule has 1 aromatic carbocycles. The number of nitriles is 1. The van der Waals surface area contributed by atoms with Gasteiger partial charge in [-0.3, -0.25) is 9.59 Å². The number of rotatable bonds is 5. The number of benzene rings is 1. The Hall–Kier alpha value is -2.35. The minimum Gasteiger partial charge on any atom is -0.342 e. The Bertz CT molecular complexity index is 606. The number of piperidine rings is 1. The van der Waals surface area contributed by atoms with Crippen molar-refractivity contribution >= 4 is 17.5 Å². The van der Waals surface area contributed by atoms with Crippen molar-refractivity contribution in [3.05, 3.63) is 29.8 Å². The largest absolute Gasteiger partial charge is 0.342 e. The van der Waals surface area contributed by atoms with Gasteiger partial charge in [-0.2, -0.15) is 5.26 Å². The number of amides is 2. The fraction of sp³-hybridized carbons (Fsp3) is 0.526. The summed E-state index contributed by atoms with van der Waals surface area (Å²) in [5.41, 5.74) is 1.27. The summed E-state index contributed by atoms with van der Waals surface area (Å²) < 4.78 is 0. The van der Waals surface area contributed by atoms with Crippen LogP contribution in [0.1, 0.15) is 45.1 Å². The van der Waals surface area contributed by atoms with Crippen molar-refractivity contribution in [2.75, 3.05) is 18.4 Å². The molecule has 5 heteroatoms. The average molecular weight is 327 g/mol. The monoisotopic (exact) mass is 327 g/mol. The summed E-state index contributed by atoms with van der Waals surface area (Å²) in [6.45, 7) is 5.40. The summed E-state index contributed by atoms with van der Waals surface area (Å²) in [6, 6.07) is 8.91. The maximum absolute atomic E-state index is 12.4. The van der Waals surface area contributed by atoms with E-state index in [2.05, 4.69) is 11.4 Å². The Balaban J connectivity index is 1.86. The highest BCUT2D eigenvalue weighted by Gasteiger charge is 2.29. The van der Waals surface area contributed by atoms with E-state index in [1.54, 1.807) is 24.3 Å². The molecule has 1 aromatic rings. The first-order chi connectivity index (χ1) is 11.6. The second-order valence-electron chi connectivity index (χ2n) is 6.29. The predicted molar refractivity (Wildman–Crippen MR) is 93.2 cm³/mol. The summed E-state index contributed by atoms with van der Waals surface area (Å²) in [5.74, 6) is 0.265. The molecule has 0 aromatic heterocycles. The summed E-state index contributed by atoms with van der Waals surface area (Å²) in [6.07, 6.45) is 3.14. The van der Waals surface area contributed by atoms with Gasteiger partial charge in [-0.05, 0) is 49.9 Å². The molecule has 0 saturated carbocycles. The van der Waals surface area contributed by atoms with Crippen molar-refractivity contribution in [3.8, 4) is 6.07 Å². The Morgan fingerprint density at radius 1 is 1.21 bits per heavy atom. The number of hydrogen-bond acceptors (Lipinski definition) is 3. The molecule has 5 nitrogen and oxygen atoms in total. The molecule has 0 radical (unpaired) electrons. The van der Waals surface area contributed by atoms with Gasteiger partial charge in [-0.1, -0.05) is 13.8 Å². The van der Waals surface area contributed by atoms with Crippen LogP contribution in [0.3, 0.4) is 0 Å². The van der Waals surface area contributed by atoms with E-state index in [9.17, 15) is 9.59 Å². The summed E-state index contributed by atoms with van der Waals surface area (Å²) in [7, 11) is 0. The van der Waals surface area contributed by atoms with Crippen LogP contribution in [0.15, 0.2) is 24.3 Å². The molecule has 0 atom stereocenters. The third kappa shape index (κ3) is 4.35. The van der Waals surface area contributed by atoms with E-state index in [-0.39, 0.29) is 23.7 Å². The first kappa shape index (κ1) is 18.0. The molecule has 2 rings (SSSR count). The van der Waals surface area contributed by atoms with Crippen LogP contribution in [0.25, 0.3) is 0 Å². The van der Waals surface area contributed by atoms with Crippen LogP contribution in [0.5, 0.6) is 0 Å². The minimum atomic E-state index is -0.0635. The number of hydrogen-bond donors (Lipinski definition) is 1. The molecule has 1 heterocycles. The normalized spacial score (nSPS) is 15.2. The van der Waals surface area contributed by atoms with Crippen LogP contribution in [0.4, 0.5) is 5.69 Å². The van der Waals surface area contributed by atoms with E-state index in [4.69, 9.17) is 5.26 Å². The van der Waals surface area contributed by atoms with Crippen molar-refractivity contribution in [3.63, 3.8) is 0 Å². The highest BCUT2D eigenvalue weighted by Crippen LogP contribution is 2.22. The van der Waals surface area contributed by atoms with E-state index in [0.717, 1.165) is 12.8 Å². The molecular formula is C19H25N3O2. The molecule has 24 heavy (non-hydrogen) atoms. The van der Waals surface area contributed by atoms with Gasteiger partial charge in [0.25, 0.3) is 0 Å². The molecular weight excluding hydrogens is 302 g/mol. The standard InChI is InChI=1S/C19H25N3O2/c1-3-15(4-2)19(24)22-11-9-16(10-12-22)18(23)21-17-7-5-14(13-20)6-8-17/h5-8,15-16H,3-4,9-12H2,1-2H3,(H,21,23). The number of nitrogens with one attached hydrogen (secondary N) is 1. The van der Waals surface area contributed by atoms with Gasteiger partial charge in [0.15, 0.2) is 0 Å². The second-order valence-corrected chi connectivity index (χ2v) is 6.29. The minimum absolute atomic E-state index is 0.00524.